The van der Waals surface area contributed by atoms with Crippen LogP contribution in [0.3, 0.4) is 0 Å². The minimum Gasteiger partial charge on any atom is -0.497 e. The van der Waals surface area contributed by atoms with Crippen LogP contribution in [0.15, 0.2) is 36.4 Å². The summed E-state index contributed by atoms with van der Waals surface area (Å²) in [5, 5.41) is 3.48. The van der Waals surface area contributed by atoms with Crippen molar-refractivity contribution in [3.05, 3.63) is 47.5 Å². The number of nitrogens with one attached hydrogen (secondary N) is 1. The van der Waals surface area contributed by atoms with Gasteiger partial charge in [0.05, 0.1) is 34.5 Å². The van der Waals surface area contributed by atoms with E-state index in [2.05, 4.69) is 22.3 Å². The number of hydrogen-bond donors (Lipinski definition) is 1. The van der Waals surface area contributed by atoms with Gasteiger partial charge in [-0.1, -0.05) is 12.1 Å². The van der Waals surface area contributed by atoms with Gasteiger partial charge in [-0.25, -0.2) is 0 Å². The average molecular weight is 386 g/mol. The van der Waals surface area contributed by atoms with Crippen LogP contribution in [-0.2, 0) is 0 Å². The molecule has 1 fully saturated rings. The maximum absolute atomic E-state index is 5.76. The van der Waals surface area contributed by atoms with Gasteiger partial charge in [-0.3, -0.25) is 4.90 Å². The highest BCUT2D eigenvalue weighted by Gasteiger charge is 2.28. The molecule has 0 saturated carbocycles. The number of nitrogens with zero attached hydrogens (tertiary/aromatic N) is 1. The Morgan fingerprint density at radius 3 is 2.29 bits per heavy atom. The van der Waals surface area contributed by atoms with Crippen LogP contribution >= 0.6 is 0 Å². The Hall–Kier alpha value is -2.44. The Kier molecular flexibility index (Phi) is 7.01. The number of methoxy groups -OCH3 is 4. The van der Waals surface area contributed by atoms with E-state index < -0.39 is 0 Å². The summed E-state index contributed by atoms with van der Waals surface area (Å²) in [7, 11) is 6.68. The van der Waals surface area contributed by atoms with Gasteiger partial charge in [-0.05, 0) is 36.7 Å². The van der Waals surface area contributed by atoms with Crippen molar-refractivity contribution >= 4 is 0 Å². The van der Waals surface area contributed by atoms with Gasteiger partial charge in [-0.15, -0.1) is 0 Å². The van der Waals surface area contributed by atoms with Gasteiger partial charge in [0.2, 0.25) is 0 Å². The number of ether oxygens (including phenoxy) is 4. The Bertz CT molecular complexity index is 773. The lowest BCUT2D eigenvalue weighted by Gasteiger charge is -2.32. The summed E-state index contributed by atoms with van der Waals surface area (Å²) < 4.78 is 22.3. The zero-order valence-corrected chi connectivity index (χ0v) is 17.2. The SMILES string of the molecule is COc1cccc(C(c2cc(OC)c(OC)cc2OC)N2CCCNCC2)c1. The van der Waals surface area contributed by atoms with E-state index >= 15 is 0 Å². The minimum atomic E-state index is 0.0183. The summed E-state index contributed by atoms with van der Waals surface area (Å²) in [6.45, 7) is 3.92. The van der Waals surface area contributed by atoms with Crippen LogP contribution in [0.2, 0.25) is 0 Å². The van der Waals surface area contributed by atoms with Crippen LogP contribution in [0, 0.1) is 0 Å². The van der Waals surface area contributed by atoms with Crippen molar-refractivity contribution in [2.75, 3.05) is 54.6 Å². The minimum absolute atomic E-state index is 0.0183. The number of hydrogen-bond acceptors (Lipinski definition) is 6. The molecule has 28 heavy (non-hydrogen) atoms. The molecule has 1 N–H and O–H groups in total. The average Bonchev–Trinajstić information content (AvgIpc) is 3.03. The van der Waals surface area contributed by atoms with E-state index in [1.54, 1.807) is 28.4 Å². The predicted octanol–water partition coefficient (Wildman–Crippen LogP) is 3.11. The standard InChI is InChI=1S/C22H30N2O4/c1-25-17-8-5-7-16(13-17)22(24-11-6-9-23-10-12-24)18-14-20(27-3)21(28-4)15-19(18)26-2/h5,7-8,13-15,22-23H,6,9-12H2,1-4H3. The highest BCUT2D eigenvalue weighted by Crippen LogP contribution is 2.42. The summed E-state index contributed by atoms with van der Waals surface area (Å²) in [5.41, 5.74) is 2.21. The molecule has 1 atom stereocenters. The second-order valence-electron chi connectivity index (χ2n) is 6.77. The van der Waals surface area contributed by atoms with E-state index in [0.29, 0.717) is 11.5 Å². The van der Waals surface area contributed by atoms with Crippen LogP contribution in [0.25, 0.3) is 0 Å². The summed E-state index contributed by atoms with van der Waals surface area (Å²) in [4.78, 5) is 2.48. The van der Waals surface area contributed by atoms with Gasteiger partial charge < -0.3 is 24.3 Å². The topological polar surface area (TPSA) is 52.2 Å². The van der Waals surface area contributed by atoms with Gasteiger partial charge >= 0.3 is 0 Å². The van der Waals surface area contributed by atoms with Crippen molar-refractivity contribution in [2.24, 2.45) is 0 Å². The first-order chi connectivity index (χ1) is 13.7. The molecule has 1 heterocycles. The summed E-state index contributed by atoms with van der Waals surface area (Å²) >= 11 is 0. The molecule has 0 aliphatic carbocycles. The van der Waals surface area contributed by atoms with Crippen molar-refractivity contribution in [2.45, 2.75) is 12.5 Å². The molecule has 1 aliphatic heterocycles. The fourth-order valence-corrected chi connectivity index (χ4v) is 3.79. The molecule has 3 rings (SSSR count). The fraction of sp³-hybridized carbons (Fsp3) is 0.455. The van der Waals surface area contributed by atoms with E-state index in [9.17, 15) is 0 Å². The van der Waals surface area contributed by atoms with Crippen molar-refractivity contribution in [1.29, 1.82) is 0 Å². The van der Waals surface area contributed by atoms with Gasteiger partial charge in [-0.2, -0.15) is 0 Å². The first-order valence-electron chi connectivity index (χ1n) is 9.60. The molecule has 2 aromatic rings. The third-order valence-corrected chi connectivity index (χ3v) is 5.18. The molecule has 1 aliphatic rings. The molecule has 152 valence electrons. The molecule has 0 radical (unpaired) electrons. The summed E-state index contributed by atoms with van der Waals surface area (Å²) in [6, 6.07) is 12.2. The van der Waals surface area contributed by atoms with E-state index in [-0.39, 0.29) is 6.04 Å². The van der Waals surface area contributed by atoms with Crippen LogP contribution < -0.4 is 24.3 Å². The van der Waals surface area contributed by atoms with Crippen molar-refractivity contribution in [1.82, 2.24) is 10.2 Å². The molecule has 2 aromatic carbocycles. The van der Waals surface area contributed by atoms with Crippen molar-refractivity contribution in [3.63, 3.8) is 0 Å². The third kappa shape index (κ3) is 4.34. The molecule has 1 saturated heterocycles. The molecule has 0 bridgehead atoms. The van der Waals surface area contributed by atoms with Crippen LogP contribution in [0.5, 0.6) is 23.0 Å². The molecular formula is C22H30N2O4. The maximum Gasteiger partial charge on any atom is 0.164 e. The predicted molar refractivity (Wildman–Crippen MR) is 110 cm³/mol. The van der Waals surface area contributed by atoms with Crippen LogP contribution in [-0.4, -0.2) is 59.5 Å². The molecule has 6 heteroatoms. The normalized spacial score (nSPS) is 16.1. The van der Waals surface area contributed by atoms with E-state index in [1.165, 1.54) is 0 Å². The van der Waals surface area contributed by atoms with E-state index in [4.69, 9.17) is 18.9 Å². The van der Waals surface area contributed by atoms with Crippen LogP contribution in [0.4, 0.5) is 0 Å². The first-order valence-corrected chi connectivity index (χ1v) is 9.60. The Labute approximate surface area is 167 Å². The molecule has 0 spiro atoms. The summed E-state index contributed by atoms with van der Waals surface area (Å²) in [5.74, 6) is 2.97. The van der Waals surface area contributed by atoms with Gasteiger partial charge in [0.1, 0.15) is 11.5 Å². The monoisotopic (exact) mass is 386 g/mol. The molecule has 0 aromatic heterocycles. The fourth-order valence-electron chi connectivity index (χ4n) is 3.79. The molecular weight excluding hydrogens is 356 g/mol. The van der Waals surface area contributed by atoms with Gasteiger partial charge in [0.15, 0.2) is 11.5 Å². The lowest BCUT2D eigenvalue weighted by molar-refractivity contribution is 0.234. The Morgan fingerprint density at radius 2 is 1.57 bits per heavy atom. The zero-order valence-electron chi connectivity index (χ0n) is 17.2. The van der Waals surface area contributed by atoms with Gasteiger partial charge in [0, 0.05) is 31.3 Å². The highest BCUT2D eigenvalue weighted by atomic mass is 16.5. The third-order valence-electron chi connectivity index (χ3n) is 5.18. The first kappa shape index (κ1) is 20.3. The van der Waals surface area contributed by atoms with Crippen molar-refractivity contribution < 1.29 is 18.9 Å². The lowest BCUT2D eigenvalue weighted by atomic mass is 9.95. The van der Waals surface area contributed by atoms with Crippen LogP contribution in [0.1, 0.15) is 23.6 Å². The van der Waals surface area contributed by atoms with E-state index in [1.807, 2.05) is 24.3 Å². The summed E-state index contributed by atoms with van der Waals surface area (Å²) in [6.07, 6.45) is 1.09. The quantitative estimate of drug-likeness (QED) is 0.789. The van der Waals surface area contributed by atoms with E-state index in [0.717, 1.165) is 55.2 Å². The maximum atomic E-state index is 5.76. The smallest absolute Gasteiger partial charge is 0.164 e. The Morgan fingerprint density at radius 1 is 0.821 bits per heavy atom. The second kappa shape index (κ2) is 9.66. The van der Waals surface area contributed by atoms with Crippen molar-refractivity contribution in [3.8, 4) is 23.0 Å². The number of rotatable bonds is 7. The molecule has 6 nitrogen and oxygen atoms in total. The number of benzene rings is 2. The zero-order chi connectivity index (χ0) is 19.9. The molecule has 1 unspecified atom stereocenters. The lowest BCUT2D eigenvalue weighted by Crippen LogP contribution is -2.33. The van der Waals surface area contributed by atoms with Gasteiger partial charge in [0.25, 0.3) is 0 Å². The second-order valence-corrected chi connectivity index (χ2v) is 6.77. The highest BCUT2D eigenvalue weighted by molar-refractivity contribution is 5.54. The largest absolute Gasteiger partial charge is 0.497 e. The Balaban J connectivity index is 2.15. The molecule has 0 amide bonds.